The molecule has 0 unspecified atom stereocenters. The Morgan fingerprint density at radius 3 is 2.50 bits per heavy atom. The maximum Gasteiger partial charge on any atom is 0.265 e. The van der Waals surface area contributed by atoms with E-state index in [1.54, 1.807) is 12.1 Å². The molecule has 1 aromatic carbocycles. The topological polar surface area (TPSA) is 63.2 Å². The number of benzene rings is 1. The third kappa shape index (κ3) is 3.09. The zero-order chi connectivity index (χ0) is 15.1. The summed E-state index contributed by atoms with van der Waals surface area (Å²) in [5.74, 6) is 0.686. The lowest BCUT2D eigenvalue weighted by Gasteiger charge is -2.00. The molecule has 1 N–H and O–H groups in total. The van der Waals surface area contributed by atoms with Crippen molar-refractivity contribution in [3.05, 3.63) is 28.0 Å². The van der Waals surface area contributed by atoms with E-state index in [1.165, 1.54) is 0 Å². The van der Waals surface area contributed by atoms with Gasteiger partial charge in [-0.2, -0.15) is 8.42 Å². The smallest absolute Gasteiger partial charge is 0.265 e. The van der Waals surface area contributed by atoms with Crippen molar-refractivity contribution in [2.24, 2.45) is 7.05 Å². The summed E-state index contributed by atoms with van der Waals surface area (Å²) in [6, 6.07) is 3.55. The first-order valence-electron chi connectivity index (χ1n) is 6.00. The van der Waals surface area contributed by atoms with Gasteiger partial charge in [0, 0.05) is 25.5 Å². The molecule has 8 heteroatoms. The number of imidazole rings is 1. The molecule has 0 bridgehead atoms. The monoisotopic (exact) mass is 337 g/mol. The van der Waals surface area contributed by atoms with Crippen LogP contribution < -0.4 is 4.57 Å². The molecule has 110 valence electrons. The number of aryl methyl sites for hydroxylation is 2. The quantitative estimate of drug-likeness (QED) is 0.688. The minimum absolute atomic E-state index is 0.267. The van der Waals surface area contributed by atoms with Gasteiger partial charge in [-0.1, -0.05) is 23.2 Å². The lowest BCUT2D eigenvalue weighted by molar-refractivity contribution is -0.652. The molecule has 2 rings (SSSR count). The Labute approximate surface area is 127 Å². The molecule has 0 radical (unpaired) electrons. The van der Waals surface area contributed by atoms with Crippen LogP contribution in [0.4, 0.5) is 0 Å². The molecule has 1 aromatic heterocycles. The molecule has 0 saturated heterocycles. The standard InChI is InChI=1S/C12H14Cl2N2O3S/c1-8-15(2)11-6-9(13)10(14)7-12(11)16(8)4-3-5-20(17,18)19/h6-7H,3-5H2,1-2H3/p+1. The van der Waals surface area contributed by atoms with Crippen molar-refractivity contribution in [3.8, 4) is 0 Å². The fraction of sp³-hybridized carbons (Fsp3) is 0.417. The fourth-order valence-electron chi connectivity index (χ4n) is 2.23. The first-order chi connectivity index (χ1) is 9.20. The maximum absolute atomic E-state index is 10.8. The average Bonchev–Trinajstić information content (AvgIpc) is 2.54. The molecular formula is C12H15Cl2N2O3S+. The Hall–Kier alpha value is -0.820. The summed E-state index contributed by atoms with van der Waals surface area (Å²) in [6.07, 6.45) is 0.323. The summed E-state index contributed by atoms with van der Waals surface area (Å²) >= 11 is 12.1. The van der Waals surface area contributed by atoms with Gasteiger partial charge in [-0.25, -0.2) is 9.13 Å². The van der Waals surface area contributed by atoms with Crippen LogP contribution in [-0.2, 0) is 23.7 Å². The Balaban J connectivity index is 2.42. The zero-order valence-corrected chi connectivity index (χ0v) is 13.4. The molecule has 0 amide bonds. The van der Waals surface area contributed by atoms with Crippen molar-refractivity contribution in [2.75, 3.05) is 5.75 Å². The number of rotatable bonds is 4. The van der Waals surface area contributed by atoms with Crippen molar-refractivity contribution >= 4 is 44.4 Å². The summed E-state index contributed by atoms with van der Waals surface area (Å²) in [4.78, 5) is 0. The third-order valence-corrected chi connectivity index (χ3v) is 4.86. The van der Waals surface area contributed by atoms with Crippen LogP contribution in [0.2, 0.25) is 10.0 Å². The molecule has 0 aliphatic rings. The Morgan fingerprint density at radius 2 is 1.90 bits per heavy atom. The highest BCUT2D eigenvalue weighted by molar-refractivity contribution is 7.85. The largest absolute Gasteiger partial charge is 0.286 e. The summed E-state index contributed by atoms with van der Waals surface area (Å²) < 4.78 is 34.3. The molecular weight excluding hydrogens is 323 g/mol. The predicted octanol–water partition coefficient (Wildman–Crippen LogP) is 2.36. The number of hydrogen-bond acceptors (Lipinski definition) is 2. The summed E-state index contributed by atoms with van der Waals surface area (Å²) in [5, 5.41) is 0.929. The SMILES string of the molecule is Cc1n(CCCS(=O)(=O)O)c2cc(Cl)c(Cl)cc2[n+]1C. The van der Waals surface area contributed by atoms with E-state index in [2.05, 4.69) is 0 Å². The van der Waals surface area contributed by atoms with Gasteiger partial charge in [-0.05, 0) is 0 Å². The van der Waals surface area contributed by atoms with E-state index in [0.29, 0.717) is 23.0 Å². The average molecular weight is 338 g/mol. The van der Waals surface area contributed by atoms with E-state index in [4.69, 9.17) is 27.8 Å². The van der Waals surface area contributed by atoms with E-state index >= 15 is 0 Å². The molecule has 0 aliphatic carbocycles. The minimum atomic E-state index is -3.94. The van der Waals surface area contributed by atoms with Gasteiger partial charge in [0.15, 0.2) is 11.0 Å². The van der Waals surface area contributed by atoms with Gasteiger partial charge in [0.05, 0.1) is 29.4 Å². The molecule has 0 spiro atoms. The van der Waals surface area contributed by atoms with Crippen molar-refractivity contribution < 1.29 is 17.5 Å². The summed E-state index contributed by atoms with van der Waals surface area (Å²) in [5.41, 5.74) is 1.80. The van der Waals surface area contributed by atoms with Gasteiger partial charge in [0.25, 0.3) is 15.9 Å². The second kappa shape index (κ2) is 5.52. The van der Waals surface area contributed by atoms with Gasteiger partial charge in [0.1, 0.15) is 0 Å². The number of aromatic nitrogens is 2. The highest BCUT2D eigenvalue weighted by Gasteiger charge is 2.21. The van der Waals surface area contributed by atoms with Crippen LogP contribution >= 0.6 is 23.2 Å². The highest BCUT2D eigenvalue weighted by atomic mass is 35.5. The van der Waals surface area contributed by atoms with Gasteiger partial charge in [0.2, 0.25) is 0 Å². The first kappa shape index (κ1) is 15.6. The molecule has 0 fully saturated rings. The lowest BCUT2D eigenvalue weighted by Crippen LogP contribution is -2.31. The Morgan fingerprint density at radius 1 is 1.30 bits per heavy atom. The van der Waals surface area contributed by atoms with E-state index in [-0.39, 0.29) is 5.75 Å². The minimum Gasteiger partial charge on any atom is -0.286 e. The molecule has 20 heavy (non-hydrogen) atoms. The van der Waals surface area contributed by atoms with Crippen LogP contribution in [0.25, 0.3) is 11.0 Å². The van der Waals surface area contributed by atoms with E-state index < -0.39 is 10.1 Å². The van der Waals surface area contributed by atoms with Gasteiger partial charge in [-0.15, -0.1) is 0 Å². The van der Waals surface area contributed by atoms with Crippen molar-refractivity contribution in [2.45, 2.75) is 19.9 Å². The molecule has 0 atom stereocenters. The van der Waals surface area contributed by atoms with Crippen molar-refractivity contribution in [1.82, 2.24) is 4.57 Å². The molecule has 5 nitrogen and oxygen atoms in total. The molecule has 1 heterocycles. The lowest BCUT2D eigenvalue weighted by atomic mass is 10.3. The zero-order valence-electron chi connectivity index (χ0n) is 11.1. The normalized spacial score (nSPS) is 12.2. The Kier molecular flexibility index (Phi) is 4.30. The van der Waals surface area contributed by atoms with Crippen LogP contribution in [0.1, 0.15) is 12.2 Å². The second-order valence-corrected chi connectivity index (χ2v) is 7.04. The predicted molar refractivity (Wildman–Crippen MR) is 78.9 cm³/mol. The van der Waals surface area contributed by atoms with Gasteiger partial charge < -0.3 is 0 Å². The van der Waals surface area contributed by atoms with Crippen LogP contribution in [-0.4, -0.2) is 23.3 Å². The fourth-order valence-corrected chi connectivity index (χ4v) is 3.04. The Bertz CT molecular complexity index is 769. The molecule has 0 aliphatic heterocycles. The van der Waals surface area contributed by atoms with Crippen LogP contribution in [0.5, 0.6) is 0 Å². The third-order valence-electron chi connectivity index (χ3n) is 3.33. The van der Waals surface area contributed by atoms with Crippen LogP contribution in [0, 0.1) is 6.92 Å². The first-order valence-corrected chi connectivity index (χ1v) is 8.36. The number of fused-ring (bicyclic) bond motifs is 1. The summed E-state index contributed by atoms with van der Waals surface area (Å²) in [7, 11) is -2.03. The van der Waals surface area contributed by atoms with E-state index in [1.807, 2.05) is 23.1 Å². The van der Waals surface area contributed by atoms with Crippen molar-refractivity contribution in [1.29, 1.82) is 0 Å². The van der Waals surface area contributed by atoms with Crippen LogP contribution in [0.15, 0.2) is 12.1 Å². The van der Waals surface area contributed by atoms with Gasteiger partial charge >= 0.3 is 0 Å². The van der Waals surface area contributed by atoms with Crippen molar-refractivity contribution in [3.63, 3.8) is 0 Å². The molecule has 0 saturated carbocycles. The molecule has 2 aromatic rings. The maximum atomic E-state index is 10.8. The highest BCUT2D eigenvalue weighted by Crippen LogP contribution is 2.27. The number of hydrogen-bond donors (Lipinski definition) is 1. The summed E-state index contributed by atoms with van der Waals surface area (Å²) in [6.45, 7) is 2.40. The second-order valence-electron chi connectivity index (χ2n) is 4.65. The van der Waals surface area contributed by atoms with Gasteiger partial charge in [-0.3, -0.25) is 4.55 Å². The van der Waals surface area contributed by atoms with E-state index in [9.17, 15) is 8.42 Å². The number of halogens is 2. The van der Waals surface area contributed by atoms with Crippen LogP contribution in [0.3, 0.4) is 0 Å². The van der Waals surface area contributed by atoms with E-state index in [0.717, 1.165) is 16.9 Å². The number of nitrogens with zero attached hydrogens (tertiary/aromatic N) is 2.